The van der Waals surface area contributed by atoms with Crippen LogP contribution in [0.1, 0.15) is 28.9 Å². The first-order valence-corrected chi connectivity index (χ1v) is 8.25. The molecular weight excluding hydrogens is 389 g/mol. The maximum atomic E-state index is 14.0. The number of benzene rings is 2. The van der Waals surface area contributed by atoms with Gasteiger partial charge in [-0.15, -0.1) is 0 Å². The van der Waals surface area contributed by atoms with Crippen LogP contribution in [-0.2, 0) is 0 Å². The molecule has 1 aromatic heterocycles. The number of halogens is 2. The van der Waals surface area contributed by atoms with E-state index in [-0.39, 0.29) is 11.6 Å². The highest BCUT2D eigenvalue weighted by Gasteiger charge is 2.17. The van der Waals surface area contributed by atoms with Crippen molar-refractivity contribution in [3.63, 3.8) is 0 Å². The maximum absolute atomic E-state index is 14.0. The van der Waals surface area contributed by atoms with Crippen molar-refractivity contribution in [2.75, 3.05) is 5.32 Å². The van der Waals surface area contributed by atoms with E-state index in [1.165, 1.54) is 12.4 Å². The summed E-state index contributed by atoms with van der Waals surface area (Å²) in [5.74, 6) is -1.49. The molecule has 128 valence electrons. The summed E-state index contributed by atoms with van der Waals surface area (Å²) in [6, 6.07) is 10.3. The first-order chi connectivity index (χ1) is 12.0. The van der Waals surface area contributed by atoms with E-state index in [1.54, 1.807) is 17.1 Å². The second-order valence-electron chi connectivity index (χ2n) is 5.47. The molecule has 0 aliphatic carbocycles. The number of hydrogen-bond acceptors (Lipinski definition) is 4. The maximum Gasteiger partial charge on any atom is 0.253 e. The Labute approximate surface area is 152 Å². The summed E-state index contributed by atoms with van der Waals surface area (Å²) >= 11 is 3.23. The average Bonchev–Trinajstić information content (AvgIpc) is 3.08. The standard InChI is InChI=1S/C17H15BrFN5O/c1-10(11-2-4-13(5-3-11)24-9-21-8-22-24)23-15-7-12(18)6-14(19)16(15)17(20)25/h2-10,23H,1H3,(H2,20,25). The van der Waals surface area contributed by atoms with Crippen LogP contribution in [0, 0.1) is 5.82 Å². The van der Waals surface area contributed by atoms with Gasteiger partial charge in [0.15, 0.2) is 0 Å². The smallest absolute Gasteiger partial charge is 0.253 e. The Morgan fingerprint density at radius 2 is 2.04 bits per heavy atom. The Kier molecular flexibility index (Phi) is 4.80. The molecule has 0 saturated heterocycles. The molecule has 0 aliphatic rings. The van der Waals surface area contributed by atoms with Crippen molar-refractivity contribution in [2.24, 2.45) is 5.73 Å². The van der Waals surface area contributed by atoms with Crippen LogP contribution >= 0.6 is 15.9 Å². The number of primary amides is 1. The lowest BCUT2D eigenvalue weighted by Gasteiger charge is -2.18. The van der Waals surface area contributed by atoms with Crippen molar-refractivity contribution in [1.29, 1.82) is 0 Å². The van der Waals surface area contributed by atoms with Gasteiger partial charge in [-0.2, -0.15) is 5.10 Å². The van der Waals surface area contributed by atoms with E-state index in [0.717, 1.165) is 11.3 Å². The van der Waals surface area contributed by atoms with Crippen LogP contribution < -0.4 is 11.1 Å². The van der Waals surface area contributed by atoms with Gasteiger partial charge in [0.2, 0.25) is 0 Å². The Hall–Kier alpha value is -2.74. The molecule has 1 amide bonds. The molecule has 0 bridgehead atoms. The predicted molar refractivity (Wildman–Crippen MR) is 96.0 cm³/mol. The molecule has 1 atom stereocenters. The van der Waals surface area contributed by atoms with Gasteiger partial charge in [-0.3, -0.25) is 4.79 Å². The molecule has 3 N–H and O–H groups in total. The van der Waals surface area contributed by atoms with Gasteiger partial charge in [0.25, 0.3) is 5.91 Å². The summed E-state index contributed by atoms with van der Waals surface area (Å²) < 4.78 is 16.2. The van der Waals surface area contributed by atoms with Gasteiger partial charge in [0.1, 0.15) is 18.5 Å². The molecule has 3 aromatic rings. The van der Waals surface area contributed by atoms with E-state index in [1.807, 2.05) is 31.2 Å². The predicted octanol–water partition coefficient (Wildman–Crippen LogP) is 3.44. The molecule has 0 radical (unpaired) electrons. The van der Waals surface area contributed by atoms with Crippen LogP contribution in [0.2, 0.25) is 0 Å². The number of nitrogens with two attached hydrogens (primary N) is 1. The van der Waals surface area contributed by atoms with Gasteiger partial charge in [-0.05, 0) is 36.8 Å². The fraction of sp³-hybridized carbons (Fsp3) is 0.118. The normalized spacial score (nSPS) is 12.0. The van der Waals surface area contributed by atoms with E-state index in [9.17, 15) is 9.18 Å². The fourth-order valence-electron chi connectivity index (χ4n) is 2.51. The van der Waals surface area contributed by atoms with E-state index in [4.69, 9.17) is 5.73 Å². The minimum absolute atomic E-state index is 0.158. The first kappa shape index (κ1) is 17.1. The molecule has 0 aliphatic heterocycles. The molecule has 0 saturated carbocycles. The van der Waals surface area contributed by atoms with Crippen molar-refractivity contribution < 1.29 is 9.18 Å². The van der Waals surface area contributed by atoms with E-state index >= 15 is 0 Å². The molecule has 1 unspecified atom stereocenters. The topological polar surface area (TPSA) is 85.8 Å². The first-order valence-electron chi connectivity index (χ1n) is 7.46. The lowest BCUT2D eigenvalue weighted by atomic mass is 10.1. The zero-order valence-electron chi connectivity index (χ0n) is 13.3. The SMILES string of the molecule is CC(Nc1cc(Br)cc(F)c1C(N)=O)c1ccc(-n2cncn2)cc1. The van der Waals surface area contributed by atoms with Crippen molar-refractivity contribution in [3.05, 3.63) is 70.5 Å². The van der Waals surface area contributed by atoms with Gasteiger partial charge in [-0.25, -0.2) is 14.1 Å². The van der Waals surface area contributed by atoms with Gasteiger partial charge in [0.05, 0.1) is 16.9 Å². The number of nitrogens with one attached hydrogen (secondary N) is 1. The molecule has 3 rings (SSSR count). The summed E-state index contributed by atoms with van der Waals surface area (Å²) in [6.07, 6.45) is 3.07. The lowest BCUT2D eigenvalue weighted by Crippen LogP contribution is -2.18. The third-order valence-corrected chi connectivity index (χ3v) is 4.21. The minimum atomic E-state index is -0.818. The largest absolute Gasteiger partial charge is 0.378 e. The number of amides is 1. The monoisotopic (exact) mass is 403 g/mol. The zero-order chi connectivity index (χ0) is 18.0. The Morgan fingerprint density at radius 3 is 2.64 bits per heavy atom. The molecule has 25 heavy (non-hydrogen) atoms. The highest BCUT2D eigenvalue weighted by molar-refractivity contribution is 9.10. The van der Waals surface area contributed by atoms with Crippen molar-refractivity contribution in [3.8, 4) is 5.69 Å². The van der Waals surface area contributed by atoms with Crippen LogP contribution in [0.25, 0.3) is 5.69 Å². The highest BCUT2D eigenvalue weighted by atomic mass is 79.9. The fourth-order valence-corrected chi connectivity index (χ4v) is 2.94. The number of hydrogen-bond donors (Lipinski definition) is 2. The molecule has 6 nitrogen and oxygen atoms in total. The quantitative estimate of drug-likeness (QED) is 0.682. The molecule has 1 heterocycles. The Bertz CT molecular complexity index is 896. The summed E-state index contributed by atoms with van der Waals surface area (Å²) in [7, 11) is 0. The molecule has 2 aromatic carbocycles. The van der Waals surface area contributed by atoms with Crippen LogP contribution in [0.4, 0.5) is 10.1 Å². The van der Waals surface area contributed by atoms with Gasteiger partial charge < -0.3 is 11.1 Å². The number of anilines is 1. The van der Waals surface area contributed by atoms with Gasteiger partial charge in [0, 0.05) is 10.5 Å². The number of rotatable bonds is 5. The second-order valence-corrected chi connectivity index (χ2v) is 6.39. The molecule has 0 spiro atoms. The van der Waals surface area contributed by atoms with Crippen molar-refractivity contribution in [2.45, 2.75) is 13.0 Å². The summed E-state index contributed by atoms with van der Waals surface area (Å²) in [5.41, 5.74) is 7.32. The second kappa shape index (κ2) is 7.02. The van der Waals surface area contributed by atoms with E-state index in [2.05, 4.69) is 31.3 Å². The Balaban J connectivity index is 1.85. The third kappa shape index (κ3) is 3.69. The van der Waals surface area contributed by atoms with Crippen LogP contribution in [0.15, 0.2) is 53.5 Å². The summed E-state index contributed by atoms with van der Waals surface area (Å²) in [4.78, 5) is 15.5. The van der Waals surface area contributed by atoms with Gasteiger partial charge >= 0.3 is 0 Å². The van der Waals surface area contributed by atoms with Gasteiger partial charge in [-0.1, -0.05) is 28.1 Å². The molecular formula is C17H15BrFN5O. The minimum Gasteiger partial charge on any atom is -0.378 e. The third-order valence-electron chi connectivity index (χ3n) is 3.75. The lowest BCUT2D eigenvalue weighted by molar-refractivity contribution is 0.0997. The van der Waals surface area contributed by atoms with Crippen molar-refractivity contribution >= 4 is 27.5 Å². The number of carbonyl (C=O) groups excluding carboxylic acids is 1. The van der Waals surface area contributed by atoms with E-state index < -0.39 is 11.7 Å². The summed E-state index contributed by atoms with van der Waals surface area (Å²) in [6.45, 7) is 1.91. The average molecular weight is 404 g/mol. The van der Waals surface area contributed by atoms with Crippen LogP contribution in [0.3, 0.4) is 0 Å². The summed E-state index contributed by atoms with van der Waals surface area (Å²) in [5, 5.41) is 7.21. The zero-order valence-corrected chi connectivity index (χ0v) is 14.9. The Morgan fingerprint density at radius 1 is 1.32 bits per heavy atom. The number of nitrogens with zero attached hydrogens (tertiary/aromatic N) is 3. The van der Waals surface area contributed by atoms with Crippen LogP contribution in [-0.4, -0.2) is 20.7 Å². The molecule has 0 fully saturated rings. The number of carbonyl (C=O) groups is 1. The molecule has 8 heteroatoms. The van der Waals surface area contributed by atoms with Crippen molar-refractivity contribution in [1.82, 2.24) is 14.8 Å². The highest BCUT2D eigenvalue weighted by Crippen LogP contribution is 2.28. The number of aromatic nitrogens is 3. The van der Waals surface area contributed by atoms with Crippen LogP contribution in [0.5, 0.6) is 0 Å². The van der Waals surface area contributed by atoms with E-state index in [0.29, 0.717) is 10.2 Å².